The molecule has 0 saturated carbocycles. The maximum Gasteiger partial charge on any atom is 0.405 e. The highest BCUT2D eigenvalue weighted by Gasteiger charge is 2.29. The number of benzene rings is 1. The number of piperazine rings is 1. The first-order chi connectivity index (χ1) is 13.5. The second kappa shape index (κ2) is 9.03. The number of rotatable bonds is 5. The molecule has 9 heteroatoms. The molecule has 28 heavy (non-hydrogen) atoms. The third-order valence-electron chi connectivity index (χ3n) is 4.93. The Morgan fingerprint density at radius 3 is 2.46 bits per heavy atom. The summed E-state index contributed by atoms with van der Waals surface area (Å²) in [5.41, 5.74) is 1.85. The van der Waals surface area contributed by atoms with Crippen LogP contribution in [-0.4, -0.2) is 64.7 Å². The molecular weight excluding hydrogens is 378 g/mol. The lowest BCUT2D eigenvalue weighted by Crippen LogP contribution is -2.51. The highest BCUT2D eigenvalue weighted by atomic mass is 32.1. The summed E-state index contributed by atoms with van der Waals surface area (Å²) in [6.45, 7) is 3.44. The Morgan fingerprint density at radius 1 is 1.21 bits per heavy atom. The number of thiazole rings is 1. The lowest BCUT2D eigenvalue weighted by molar-refractivity contribution is -0.135. The van der Waals surface area contributed by atoms with Crippen molar-refractivity contribution in [1.29, 1.82) is 0 Å². The van der Waals surface area contributed by atoms with Crippen molar-refractivity contribution in [3.8, 4) is 0 Å². The number of amides is 2. The maximum absolute atomic E-state index is 13.0. The first kappa shape index (κ1) is 20.1. The van der Waals surface area contributed by atoms with Gasteiger partial charge in [0, 0.05) is 57.9 Å². The molecule has 3 rings (SSSR count). The lowest BCUT2D eigenvalue weighted by atomic mass is 10.1. The van der Waals surface area contributed by atoms with Crippen LogP contribution in [0.15, 0.2) is 40.7 Å². The van der Waals surface area contributed by atoms with Gasteiger partial charge >= 0.3 is 6.09 Å². The smallest absolute Gasteiger partial charge is 0.405 e. The zero-order valence-corrected chi connectivity index (χ0v) is 16.9. The Balaban J connectivity index is 1.63. The van der Waals surface area contributed by atoms with Gasteiger partial charge in [-0.25, -0.2) is 4.79 Å². The van der Waals surface area contributed by atoms with Crippen LogP contribution in [0.25, 0.3) is 0 Å². The number of carbonyl (C=O) groups excluding carboxylic acids is 1. The monoisotopic (exact) mass is 403 g/mol. The van der Waals surface area contributed by atoms with Gasteiger partial charge in [-0.15, -0.1) is 11.3 Å². The third-order valence-corrected chi connectivity index (χ3v) is 5.98. The van der Waals surface area contributed by atoms with E-state index in [-0.39, 0.29) is 5.91 Å². The van der Waals surface area contributed by atoms with Crippen molar-refractivity contribution in [2.45, 2.75) is 12.6 Å². The van der Waals surface area contributed by atoms with Crippen molar-refractivity contribution in [2.24, 2.45) is 12.0 Å². The van der Waals surface area contributed by atoms with Gasteiger partial charge in [0.2, 0.25) is 5.91 Å². The summed E-state index contributed by atoms with van der Waals surface area (Å²) >= 11 is 1.62. The number of hydrogen-bond acceptors (Lipinski definition) is 5. The fourth-order valence-electron chi connectivity index (χ4n) is 3.34. The summed E-state index contributed by atoms with van der Waals surface area (Å²) in [5, 5.41) is 13.6. The summed E-state index contributed by atoms with van der Waals surface area (Å²) < 4.78 is 2.09. The normalized spacial score (nSPS) is 16.8. The highest BCUT2D eigenvalue weighted by Crippen LogP contribution is 2.18. The van der Waals surface area contributed by atoms with Gasteiger partial charge in [0.25, 0.3) is 0 Å². The Labute approximate surface area is 167 Å². The average Bonchev–Trinajstić information content (AvgIpc) is 3.06. The predicted octanol–water partition coefficient (Wildman–Crippen LogP) is 1.27. The summed E-state index contributed by atoms with van der Waals surface area (Å²) in [5.74, 6) is -0.207. The molecule has 2 amide bonds. The Kier molecular flexibility index (Phi) is 6.48. The van der Waals surface area contributed by atoms with Crippen molar-refractivity contribution in [2.75, 3.05) is 33.2 Å². The number of carboxylic acid groups (broad SMARTS) is 1. The molecule has 1 aromatic carbocycles. The summed E-state index contributed by atoms with van der Waals surface area (Å²) in [7, 11) is 3.80. The van der Waals surface area contributed by atoms with Crippen LogP contribution in [0.4, 0.5) is 4.79 Å². The fraction of sp³-hybridized carbons (Fsp3) is 0.421. The van der Waals surface area contributed by atoms with Gasteiger partial charge in [0.15, 0.2) is 4.80 Å². The average molecular weight is 404 g/mol. The van der Waals surface area contributed by atoms with E-state index in [1.54, 1.807) is 47.5 Å². The molecular formula is C19H25N5O3S. The van der Waals surface area contributed by atoms with E-state index in [0.717, 1.165) is 24.4 Å². The quantitative estimate of drug-likeness (QED) is 0.787. The van der Waals surface area contributed by atoms with E-state index in [2.05, 4.69) is 25.2 Å². The van der Waals surface area contributed by atoms with Crippen molar-refractivity contribution in [3.63, 3.8) is 0 Å². The number of carbonyl (C=O) groups is 2. The molecule has 1 fully saturated rings. The zero-order valence-electron chi connectivity index (χ0n) is 16.0. The molecule has 1 aliphatic heterocycles. The molecule has 0 bridgehead atoms. The zero-order chi connectivity index (χ0) is 20.1. The van der Waals surface area contributed by atoms with E-state index >= 15 is 0 Å². The number of nitrogens with one attached hydrogen (secondary N) is 1. The van der Waals surface area contributed by atoms with Crippen LogP contribution in [0.5, 0.6) is 0 Å². The molecule has 0 unspecified atom stereocenters. The number of aromatic nitrogens is 1. The van der Waals surface area contributed by atoms with Crippen LogP contribution in [0.1, 0.15) is 17.3 Å². The molecule has 1 saturated heterocycles. The molecule has 2 N–H and O–H groups in total. The van der Waals surface area contributed by atoms with Gasteiger partial charge in [0.1, 0.15) is 6.04 Å². The molecule has 0 spiro atoms. The van der Waals surface area contributed by atoms with Gasteiger partial charge in [-0.1, -0.05) is 30.3 Å². The molecule has 0 aliphatic carbocycles. The van der Waals surface area contributed by atoms with E-state index in [0.29, 0.717) is 18.7 Å². The van der Waals surface area contributed by atoms with Crippen LogP contribution in [0.2, 0.25) is 0 Å². The van der Waals surface area contributed by atoms with E-state index in [4.69, 9.17) is 5.11 Å². The second-order valence-electron chi connectivity index (χ2n) is 6.69. The van der Waals surface area contributed by atoms with E-state index in [1.165, 1.54) is 5.69 Å². The fourth-order valence-corrected chi connectivity index (χ4v) is 4.20. The summed E-state index contributed by atoms with van der Waals surface area (Å²) in [6.07, 6.45) is -1.21. The van der Waals surface area contributed by atoms with E-state index in [9.17, 15) is 9.59 Å². The van der Waals surface area contributed by atoms with Crippen LogP contribution >= 0.6 is 11.3 Å². The second-order valence-corrected chi connectivity index (χ2v) is 7.52. The van der Waals surface area contributed by atoms with Gasteiger partial charge in [-0.2, -0.15) is 0 Å². The minimum Gasteiger partial charge on any atom is -0.465 e. The van der Waals surface area contributed by atoms with Gasteiger partial charge in [0.05, 0.1) is 0 Å². The van der Waals surface area contributed by atoms with E-state index in [1.807, 2.05) is 13.1 Å². The van der Waals surface area contributed by atoms with Crippen LogP contribution < -0.4 is 10.1 Å². The molecule has 1 aromatic heterocycles. The van der Waals surface area contributed by atoms with Gasteiger partial charge < -0.3 is 19.9 Å². The Hall–Kier alpha value is -2.65. The van der Waals surface area contributed by atoms with Crippen LogP contribution in [0.3, 0.4) is 0 Å². The first-order valence-corrected chi connectivity index (χ1v) is 9.99. The SMILES string of the molecule is C/N=c1\scc(CN2CCN(C(=O)[C@H](NC(=O)O)c3ccccc3)CC2)n1C. The Bertz CT molecular complexity index is 884. The van der Waals surface area contributed by atoms with Crippen molar-refractivity contribution in [3.05, 3.63) is 51.8 Å². The van der Waals surface area contributed by atoms with Crippen LogP contribution in [-0.2, 0) is 18.4 Å². The number of nitrogens with zero attached hydrogens (tertiary/aromatic N) is 4. The predicted molar refractivity (Wildman–Crippen MR) is 107 cm³/mol. The summed E-state index contributed by atoms with van der Waals surface area (Å²) in [6, 6.07) is 8.09. The van der Waals surface area contributed by atoms with Crippen molar-refractivity contribution in [1.82, 2.24) is 19.7 Å². The van der Waals surface area contributed by atoms with Crippen molar-refractivity contribution < 1.29 is 14.7 Å². The Morgan fingerprint density at radius 2 is 1.89 bits per heavy atom. The highest BCUT2D eigenvalue weighted by molar-refractivity contribution is 7.07. The van der Waals surface area contributed by atoms with Crippen LogP contribution in [0, 0.1) is 0 Å². The topological polar surface area (TPSA) is 90.2 Å². The summed E-state index contributed by atoms with van der Waals surface area (Å²) in [4.78, 5) is 33.4. The standard InChI is InChI=1S/C19H25N5O3S/c1-20-18-22(2)15(13-28-18)12-23-8-10-24(11-9-23)17(25)16(21-19(26)27)14-6-4-3-5-7-14/h3-7,13,16,21H,8-12H2,1-2H3,(H,26,27)/b20-18-/t16-/m1/s1. The molecule has 8 nitrogen and oxygen atoms in total. The van der Waals surface area contributed by atoms with Gasteiger partial charge in [-0.3, -0.25) is 14.7 Å². The molecule has 2 aromatic rings. The van der Waals surface area contributed by atoms with Gasteiger partial charge in [-0.05, 0) is 5.56 Å². The molecule has 1 aliphatic rings. The molecule has 2 heterocycles. The third kappa shape index (κ3) is 4.60. The largest absolute Gasteiger partial charge is 0.465 e. The molecule has 0 radical (unpaired) electrons. The van der Waals surface area contributed by atoms with E-state index < -0.39 is 12.1 Å². The number of hydrogen-bond donors (Lipinski definition) is 2. The molecule has 1 atom stereocenters. The minimum atomic E-state index is -1.21. The minimum absolute atomic E-state index is 0.207. The maximum atomic E-state index is 13.0. The first-order valence-electron chi connectivity index (χ1n) is 9.11. The lowest BCUT2D eigenvalue weighted by Gasteiger charge is -2.36. The molecule has 150 valence electrons. The van der Waals surface area contributed by atoms with Crippen molar-refractivity contribution >= 4 is 23.3 Å².